The van der Waals surface area contributed by atoms with Crippen LogP contribution in [0, 0.1) is 0 Å². The predicted octanol–water partition coefficient (Wildman–Crippen LogP) is 8.53. The summed E-state index contributed by atoms with van der Waals surface area (Å²) in [5.41, 5.74) is 1.74. The highest BCUT2D eigenvalue weighted by atomic mass is 35.5. The lowest BCUT2D eigenvalue weighted by Crippen LogP contribution is -2.35. The van der Waals surface area contributed by atoms with Gasteiger partial charge in [-0.15, -0.1) is 11.8 Å². The lowest BCUT2D eigenvalue weighted by Gasteiger charge is -2.19. The van der Waals surface area contributed by atoms with Gasteiger partial charge in [-0.1, -0.05) is 76.7 Å². The van der Waals surface area contributed by atoms with Crippen LogP contribution < -0.4 is 4.57 Å². The van der Waals surface area contributed by atoms with E-state index in [1.54, 1.807) is 18.2 Å². The number of rotatable bonds is 11. The molecule has 3 aromatic carbocycles. The van der Waals surface area contributed by atoms with Crippen LogP contribution in [0.2, 0.25) is 20.1 Å². The van der Waals surface area contributed by atoms with Gasteiger partial charge in [0.25, 0.3) is 0 Å². The van der Waals surface area contributed by atoms with Crippen molar-refractivity contribution in [2.75, 3.05) is 5.75 Å². The topological polar surface area (TPSA) is 18.0 Å². The van der Waals surface area contributed by atoms with Gasteiger partial charge in [-0.25, -0.2) is 9.13 Å². The van der Waals surface area contributed by atoms with E-state index < -0.39 is 0 Å². The maximum atomic E-state index is 6.54. The molecule has 0 aliphatic carbocycles. The van der Waals surface area contributed by atoms with Crippen LogP contribution in [0.3, 0.4) is 0 Å². The first kappa shape index (κ1) is 26.4. The van der Waals surface area contributed by atoms with Crippen LogP contribution in [-0.4, -0.2) is 10.3 Å². The third-order valence-corrected chi connectivity index (χ3v) is 7.71. The maximum absolute atomic E-state index is 6.54. The highest BCUT2D eigenvalue weighted by Gasteiger charge is 2.20. The number of aromatic nitrogens is 2. The molecule has 1 aromatic heterocycles. The van der Waals surface area contributed by atoms with E-state index in [-0.39, 0.29) is 6.10 Å². The SMILES string of the molecule is Clc1ccc(COC(C[n+]2ccn(CCCSc3ccccc3)c2)c2ccc(Cl)cc2Cl)c(Cl)c1. The second kappa shape index (κ2) is 13.0. The van der Waals surface area contributed by atoms with Crippen molar-refractivity contribution < 1.29 is 9.30 Å². The molecule has 0 amide bonds. The number of hydrogen-bond donors (Lipinski definition) is 0. The Morgan fingerprint density at radius 2 is 1.63 bits per heavy atom. The van der Waals surface area contributed by atoms with Crippen molar-refractivity contribution in [1.29, 1.82) is 0 Å². The zero-order valence-corrected chi connectivity index (χ0v) is 22.8. The highest BCUT2D eigenvalue weighted by molar-refractivity contribution is 7.99. The first-order valence-corrected chi connectivity index (χ1v) is 13.7. The summed E-state index contributed by atoms with van der Waals surface area (Å²) in [7, 11) is 0. The third kappa shape index (κ3) is 7.91. The van der Waals surface area contributed by atoms with Crippen molar-refractivity contribution in [3.8, 4) is 0 Å². The molecule has 0 aliphatic heterocycles. The molecule has 0 N–H and O–H groups in total. The summed E-state index contributed by atoms with van der Waals surface area (Å²) in [6.07, 6.45) is 7.03. The Kier molecular flexibility index (Phi) is 9.84. The Morgan fingerprint density at radius 1 is 0.886 bits per heavy atom. The van der Waals surface area contributed by atoms with E-state index in [0.717, 1.165) is 29.8 Å². The fourth-order valence-corrected chi connectivity index (χ4v) is 5.51. The van der Waals surface area contributed by atoms with Gasteiger partial charge in [-0.3, -0.25) is 0 Å². The van der Waals surface area contributed by atoms with Crippen molar-refractivity contribution in [3.05, 3.63) is 117 Å². The third-order valence-electron chi connectivity index (χ3n) is 5.46. The van der Waals surface area contributed by atoms with Crippen molar-refractivity contribution in [1.82, 2.24) is 4.57 Å². The molecule has 35 heavy (non-hydrogen) atoms. The first-order chi connectivity index (χ1) is 17.0. The molecule has 0 radical (unpaired) electrons. The van der Waals surface area contributed by atoms with Gasteiger partial charge in [0.1, 0.15) is 25.0 Å². The van der Waals surface area contributed by atoms with Gasteiger partial charge >= 0.3 is 0 Å². The molecule has 0 spiro atoms. The van der Waals surface area contributed by atoms with Gasteiger partial charge in [0.05, 0.1) is 13.2 Å². The molecule has 0 saturated heterocycles. The average Bonchev–Trinajstić information content (AvgIpc) is 3.28. The number of hydrogen-bond acceptors (Lipinski definition) is 2. The normalized spacial score (nSPS) is 12.1. The Hall–Kier alpha value is -1.66. The van der Waals surface area contributed by atoms with E-state index in [1.165, 1.54) is 4.90 Å². The van der Waals surface area contributed by atoms with Crippen molar-refractivity contribution in [2.45, 2.75) is 37.1 Å². The zero-order chi connectivity index (χ0) is 24.6. The Bertz CT molecular complexity index is 1250. The minimum atomic E-state index is -0.291. The van der Waals surface area contributed by atoms with Crippen LogP contribution in [0.1, 0.15) is 23.7 Å². The van der Waals surface area contributed by atoms with Crippen LogP contribution in [-0.2, 0) is 24.4 Å². The van der Waals surface area contributed by atoms with E-state index in [4.69, 9.17) is 51.1 Å². The number of imidazole rings is 1. The second-order valence-electron chi connectivity index (χ2n) is 8.06. The van der Waals surface area contributed by atoms with Crippen LogP contribution in [0.15, 0.2) is 90.3 Å². The van der Waals surface area contributed by atoms with E-state index in [9.17, 15) is 0 Å². The molecule has 3 nitrogen and oxygen atoms in total. The van der Waals surface area contributed by atoms with Gasteiger partial charge in [-0.2, -0.15) is 0 Å². The number of aryl methyl sites for hydroxylation is 1. The van der Waals surface area contributed by atoms with Crippen LogP contribution in [0.5, 0.6) is 0 Å². The van der Waals surface area contributed by atoms with E-state index >= 15 is 0 Å². The van der Waals surface area contributed by atoms with E-state index in [2.05, 4.69) is 52.1 Å². The van der Waals surface area contributed by atoms with Gasteiger partial charge in [-0.05, 0) is 48.4 Å². The molecule has 1 atom stereocenters. The zero-order valence-electron chi connectivity index (χ0n) is 18.9. The number of thioether (sulfide) groups is 1. The van der Waals surface area contributed by atoms with Gasteiger partial charge in [0.15, 0.2) is 0 Å². The van der Waals surface area contributed by atoms with Crippen LogP contribution in [0.4, 0.5) is 0 Å². The molecule has 1 heterocycles. The lowest BCUT2D eigenvalue weighted by atomic mass is 10.1. The smallest absolute Gasteiger partial charge is 0.243 e. The monoisotopic (exact) mass is 565 g/mol. The van der Waals surface area contributed by atoms with Crippen molar-refractivity contribution in [2.24, 2.45) is 0 Å². The standard InChI is InChI=1S/C27H25Cl4N2OS/c28-21-8-7-20(25(30)15-21)18-34-27(24-10-9-22(29)16-26(24)31)17-33-13-12-32(19-33)11-4-14-35-23-5-2-1-3-6-23/h1-3,5-10,12-13,15-16,19,27H,4,11,14,17-18H2/q+1. The molecule has 1 unspecified atom stereocenters. The molecule has 8 heteroatoms. The number of halogens is 4. The minimum Gasteiger partial charge on any atom is -0.365 e. The summed E-state index contributed by atoms with van der Waals surface area (Å²) in [6.45, 7) is 1.87. The summed E-state index contributed by atoms with van der Waals surface area (Å²) < 4.78 is 10.6. The average molecular weight is 567 g/mol. The second-order valence-corrected chi connectivity index (χ2v) is 10.9. The molecule has 0 bridgehead atoms. The first-order valence-electron chi connectivity index (χ1n) is 11.2. The van der Waals surface area contributed by atoms with Crippen molar-refractivity contribution in [3.63, 3.8) is 0 Å². The van der Waals surface area contributed by atoms with Gasteiger partial charge in [0, 0.05) is 36.3 Å². The molecule has 0 aliphatic rings. The molecular formula is C27H25Cl4N2OS+. The van der Waals surface area contributed by atoms with E-state index in [0.29, 0.717) is 33.2 Å². The molecule has 4 aromatic rings. The predicted molar refractivity (Wildman–Crippen MR) is 147 cm³/mol. The van der Waals surface area contributed by atoms with E-state index in [1.807, 2.05) is 36.0 Å². The number of ether oxygens (including phenoxy) is 1. The minimum absolute atomic E-state index is 0.291. The van der Waals surface area contributed by atoms with Crippen LogP contribution in [0.25, 0.3) is 0 Å². The summed E-state index contributed by atoms with van der Waals surface area (Å²) >= 11 is 26.9. The summed E-state index contributed by atoms with van der Waals surface area (Å²) in [5, 5.41) is 2.33. The molecular weight excluding hydrogens is 542 g/mol. The molecule has 182 valence electrons. The van der Waals surface area contributed by atoms with Gasteiger partial charge in [0.2, 0.25) is 6.33 Å². The lowest BCUT2D eigenvalue weighted by molar-refractivity contribution is -0.704. The summed E-state index contributed by atoms with van der Waals surface area (Å²) in [6, 6.07) is 21.4. The summed E-state index contributed by atoms with van der Waals surface area (Å²) in [4.78, 5) is 1.30. The fourth-order valence-electron chi connectivity index (χ4n) is 3.66. The van der Waals surface area contributed by atoms with Crippen molar-refractivity contribution >= 4 is 58.2 Å². The Balaban J connectivity index is 1.40. The molecule has 0 fully saturated rings. The molecule has 4 rings (SSSR count). The van der Waals surface area contributed by atoms with Crippen LogP contribution >= 0.6 is 58.2 Å². The highest BCUT2D eigenvalue weighted by Crippen LogP contribution is 2.31. The largest absolute Gasteiger partial charge is 0.365 e. The fraction of sp³-hybridized carbons (Fsp3) is 0.222. The quantitative estimate of drug-likeness (QED) is 0.103. The molecule has 0 saturated carbocycles. The maximum Gasteiger partial charge on any atom is 0.243 e. The number of nitrogens with zero attached hydrogens (tertiary/aromatic N) is 2. The number of benzene rings is 3. The Morgan fingerprint density at radius 3 is 2.37 bits per heavy atom. The summed E-state index contributed by atoms with van der Waals surface area (Å²) in [5.74, 6) is 1.07. The van der Waals surface area contributed by atoms with Gasteiger partial charge < -0.3 is 4.74 Å². The Labute approximate surface area is 230 Å².